The van der Waals surface area contributed by atoms with Crippen molar-refractivity contribution in [1.29, 1.82) is 0 Å². The zero-order valence-corrected chi connectivity index (χ0v) is 10.6. The molecule has 0 saturated carbocycles. The van der Waals surface area contributed by atoms with Crippen LogP contribution in [0.3, 0.4) is 0 Å². The summed E-state index contributed by atoms with van der Waals surface area (Å²) in [5, 5.41) is 0. The maximum atomic E-state index is 12.7. The fraction of sp³-hybridized carbons (Fsp3) is 0.143. The van der Waals surface area contributed by atoms with Crippen molar-refractivity contribution in [2.24, 2.45) is 0 Å². The van der Waals surface area contributed by atoms with Gasteiger partial charge in [0.05, 0.1) is 7.14 Å². The molecule has 0 amide bonds. The largest absolute Gasteiger partial charge is 0.573 e. The third-order valence-electron chi connectivity index (χ3n) is 1.18. The highest BCUT2D eigenvalue weighted by molar-refractivity contribution is 14.1. The van der Waals surface area contributed by atoms with E-state index in [4.69, 9.17) is 0 Å². The summed E-state index contributed by atoms with van der Waals surface area (Å²) >= 11 is 3.16. The van der Waals surface area contributed by atoms with Crippen molar-refractivity contribution in [3.05, 3.63) is 25.1 Å². The van der Waals surface area contributed by atoms with Gasteiger partial charge in [-0.3, -0.25) is 0 Å². The minimum atomic E-state index is -4.75. The van der Waals surface area contributed by atoms with Gasteiger partial charge in [-0.05, 0) is 57.3 Å². The molecule has 0 spiro atoms. The van der Waals surface area contributed by atoms with Gasteiger partial charge in [0, 0.05) is 0 Å². The highest BCUT2D eigenvalue weighted by Gasteiger charge is 2.33. The first kappa shape index (κ1) is 12.3. The second-order valence-electron chi connectivity index (χ2n) is 2.25. The average Bonchev–Trinajstić information content (AvgIpc) is 1.95. The topological polar surface area (TPSA) is 9.23 Å². The SMILES string of the molecule is Fc1cc(I)c(OC(F)(F)F)c(I)c1. The Bertz CT molecular complexity index is 327. The van der Waals surface area contributed by atoms with Crippen LogP contribution >= 0.6 is 45.2 Å². The van der Waals surface area contributed by atoms with Crippen molar-refractivity contribution in [2.75, 3.05) is 0 Å². The summed E-state index contributed by atoms with van der Waals surface area (Å²) in [4.78, 5) is 0. The molecule has 1 aromatic rings. The number of benzene rings is 1. The molecule has 0 aliphatic rings. The first-order valence-corrected chi connectivity index (χ1v) is 5.35. The van der Waals surface area contributed by atoms with Crippen LogP contribution in [0.4, 0.5) is 17.6 Å². The second kappa shape index (κ2) is 4.37. The molecule has 0 aromatic heterocycles. The smallest absolute Gasteiger partial charge is 0.404 e. The van der Waals surface area contributed by atoms with E-state index in [0.717, 1.165) is 12.1 Å². The van der Waals surface area contributed by atoms with Crippen LogP contribution in [0.5, 0.6) is 5.75 Å². The van der Waals surface area contributed by atoms with Crippen molar-refractivity contribution in [3.63, 3.8) is 0 Å². The lowest BCUT2D eigenvalue weighted by molar-refractivity contribution is -0.275. The van der Waals surface area contributed by atoms with Crippen LogP contribution in [0.15, 0.2) is 12.1 Å². The van der Waals surface area contributed by atoms with E-state index in [9.17, 15) is 17.6 Å². The Hall–Kier alpha value is 0.200. The summed E-state index contributed by atoms with van der Waals surface area (Å²) < 4.78 is 52.2. The third kappa shape index (κ3) is 3.41. The van der Waals surface area contributed by atoms with Crippen LogP contribution < -0.4 is 4.74 Å². The van der Waals surface area contributed by atoms with Gasteiger partial charge in [-0.2, -0.15) is 0 Å². The average molecular weight is 432 g/mol. The molecule has 0 atom stereocenters. The Kier molecular flexibility index (Phi) is 3.83. The molecule has 0 aliphatic heterocycles. The van der Waals surface area contributed by atoms with Crippen molar-refractivity contribution in [3.8, 4) is 5.75 Å². The molecule has 0 bridgehead atoms. The maximum absolute atomic E-state index is 12.7. The minimum Gasteiger partial charge on any atom is -0.404 e. The van der Waals surface area contributed by atoms with Gasteiger partial charge in [-0.25, -0.2) is 4.39 Å². The summed E-state index contributed by atoms with van der Waals surface area (Å²) in [7, 11) is 0. The van der Waals surface area contributed by atoms with Gasteiger partial charge in [-0.1, -0.05) is 0 Å². The molecule has 1 nitrogen and oxygen atoms in total. The van der Waals surface area contributed by atoms with Gasteiger partial charge < -0.3 is 4.74 Å². The van der Waals surface area contributed by atoms with Crippen molar-refractivity contribution in [2.45, 2.75) is 6.36 Å². The van der Waals surface area contributed by atoms with Gasteiger partial charge in [0.25, 0.3) is 0 Å². The van der Waals surface area contributed by atoms with E-state index < -0.39 is 12.2 Å². The molecule has 0 saturated heterocycles. The number of hydrogen-bond acceptors (Lipinski definition) is 1. The first-order valence-electron chi connectivity index (χ1n) is 3.20. The zero-order chi connectivity index (χ0) is 10.9. The summed E-state index contributed by atoms with van der Waals surface area (Å²) in [5.74, 6) is -0.951. The Balaban J connectivity index is 3.09. The Morgan fingerprint density at radius 2 is 1.50 bits per heavy atom. The lowest BCUT2D eigenvalue weighted by atomic mass is 10.3. The molecule has 1 aromatic carbocycles. The number of ether oxygens (including phenoxy) is 1. The van der Waals surface area contributed by atoms with Gasteiger partial charge in [-0.15, -0.1) is 13.2 Å². The number of halogens is 6. The molecule has 14 heavy (non-hydrogen) atoms. The van der Waals surface area contributed by atoms with E-state index in [-0.39, 0.29) is 12.9 Å². The van der Waals surface area contributed by atoms with Crippen molar-refractivity contribution in [1.82, 2.24) is 0 Å². The van der Waals surface area contributed by atoms with E-state index in [1.165, 1.54) is 0 Å². The Labute approximate surface area is 104 Å². The normalized spacial score (nSPS) is 11.6. The van der Waals surface area contributed by atoms with Crippen LogP contribution in [0.2, 0.25) is 0 Å². The minimum absolute atomic E-state index is 0.0873. The molecule has 1 rings (SSSR count). The van der Waals surface area contributed by atoms with Crippen molar-refractivity contribution < 1.29 is 22.3 Å². The van der Waals surface area contributed by atoms with Crippen LogP contribution in [-0.2, 0) is 0 Å². The molecular formula is C7H2F4I2O. The highest BCUT2D eigenvalue weighted by atomic mass is 127. The fourth-order valence-corrected chi connectivity index (χ4v) is 2.65. The van der Waals surface area contributed by atoms with Gasteiger partial charge in [0.1, 0.15) is 5.82 Å². The van der Waals surface area contributed by atoms with Crippen LogP contribution in [0.25, 0.3) is 0 Å². The monoisotopic (exact) mass is 432 g/mol. The molecule has 0 radical (unpaired) electrons. The fourth-order valence-electron chi connectivity index (χ4n) is 0.742. The summed E-state index contributed by atoms with van der Waals surface area (Å²) in [6.45, 7) is 0. The van der Waals surface area contributed by atoms with E-state index in [2.05, 4.69) is 4.74 Å². The molecule has 0 heterocycles. The van der Waals surface area contributed by atoms with Crippen LogP contribution in [0, 0.1) is 13.0 Å². The maximum Gasteiger partial charge on any atom is 0.573 e. The highest BCUT2D eigenvalue weighted by Crippen LogP contribution is 2.32. The molecule has 7 heteroatoms. The lowest BCUT2D eigenvalue weighted by Crippen LogP contribution is -2.18. The quantitative estimate of drug-likeness (QED) is 0.483. The zero-order valence-electron chi connectivity index (χ0n) is 6.33. The summed E-state index contributed by atoms with van der Waals surface area (Å²) in [6.07, 6.45) is -4.75. The Morgan fingerprint density at radius 1 is 1.07 bits per heavy atom. The standard InChI is InChI=1S/C7H2F4I2O/c8-3-1-4(12)6(5(13)2-3)14-7(9,10)11/h1-2H. The second-order valence-corrected chi connectivity index (χ2v) is 4.57. The third-order valence-corrected chi connectivity index (χ3v) is 2.78. The molecule has 78 valence electrons. The first-order chi connectivity index (χ1) is 6.29. The van der Waals surface area contributed by atoms with E-state index in [1.807, 2.05) is 0 Å². The predicted octanol–water partition coefficient (Wildman–Crippen LogP) is 3.93. The Morgan fingerprint density at radius 3 is 1.86 bits per heavy atom. The molecule has 0 N–H and O–H groups in total. The van der Waals surface area contributed by atoms with Gasteiger partial charge in [0.2, 0.25) is 0 Å². The molecule has 0 unspecified atom stereocenters. The van der Waals surface area contributed by atoms with Crippen LogP contribution in [0.1, 0.15) is 0 Å². The molecular weight excluding hydrogens is 430 g/mol. The van der Waals surface area contributed by atoms with Crippen molar-refractivity contribution >= 4 is 45.2 Å². The van der Waals surface area contributed by atoms with Crippen LogP contribution in [-0.4, -0.2) is 6.36 Å². The number of alkyl halides is 3. The molecule has 0 fully saturated rings. The van der Waals surface area contributed by atoms with Gasteiger partial charge >= 0.3 is 6.36 Å². The van der Waals surface area contributed by atoms with E-state index >= 15 is 0 Å². The number of rotatable bonds is 1. The predicted molar refractivity (Wildman–Crippen MR) is 58.5 cm³/mol. The van der Waals surface area contributed by atoms with E-state index in [1.54, 1.807) is 45.2 Å². The summed E-state index contributed by atoms with van der Waals surface area (Å²) in [6, 6.07) is 1.95. The van der Waals surface area contributed by atoms with E-state index in [0.29, 0.717) is 0 Å². The number of hydrogen-bond donors (Lipinski definition) is 0. The lowest BCUT2D eigenvalue weighted by Gasteiger charge is -2.12. The summed E-state index contributed by atoms with van der Waals surface area (Å²) in [5.41, 5.74) is 0. The molecule has 0 aliphatic carbocycles. The van der Waals surface area contributed by atoms with Gasteiger partial charge in [0.15, 0.2) is 5.75 Å².